The Balaban J connectivity index is 3.18. The number of carbonyl (C=O) groups is 1. The zero-order valence-electron chi connectivity index (χ0n) is 7.95. The fraction of sp³-hybridized carbons (Fsp3) is 0. The van der Waals surface area contributed by atoms with Crippen molar-refractivity contribution in [3.05, 3.63) is 39.6 Å². The summed E-state index contributed by atoms with van der Waals surface area (Å²) in [6.45, 7) is 0. The third kappa shape index (κ3) is 2.47. The SMILES string of the molecule is Nc1ccc(/C=C(\O)C(=O)O)cc1[N+](=O)[O-]. The fourth-order valence-corrected chi connectivity index (χ4v) is 1.03. The first-order valence-corrected chi connectivity index (χ1v) is 4.09. The maximum Gasteiger partial charge on any atom is 0.370 e. The molecule has 0 aromatic heterocycles. The topological polar surface area (TPSA) is 127 Å². The summed E-state index contributed by atoms with van der Waals surface area (Å²) in [7, 11) is 0. The van der Waals surface area contributed by atoms with E-state index in [1.54, 1.807) is 0 Å². The first-order valence-electron chi connectivity index (χ1n) is 4.09. The minimum Gasteiger partial charge on any atom is -0.502 e. The molecule has 0 radical (unpaired) electrons. The van der Waals surface area contributed by atoms with Crippen molar-refractivity contribution >= 4 is 23.4 Å². The van der Waals surface area contributed by atoms with Gasteiger partial charge in [0, 0.05) is 6.07 Å². The van der Waals surface area contributed by atoms with Gasteiger partial charge in [-0.1, -0.05) is 6.07 Å². The van der Waals surface area contributed by atoms with Gasteiger partial charge >= 0.3 is 5.97 Å². The summed E-state index contributed by atoms with van der Waals surface area (Å²) in [6.07, 6.45) is 0.898. The number of aliphatic hydroxyl groups is 1. The van der Waals surface area contributed by atoms with Crippen LogP contribution < -0.4 is 5.73 Å². The van der Waals surface area contributed by atoms with Crippen LogP contribution in [0.4, 0.5) is 11.4 Å². The number of nitrogens with zero attached hydrogens (tertiary/aromatic N) is 1. The maximum atomic E-state index is 10.5. The van der Waals surface area contributed by atoms with Crippen molar-refractivity contribution in [3.8, 4) is 0 Å². The highest BCUT2D eigenvalue weighted by atomic mass is 16.6. The number of carboxylic acid groups (broad SMARTS) is 1. The minimum atomic E-state index is -1.51. The standard InChI is InChI=1S/C9H8N2O5/c10-6-2-1-5(3-7(6)11(15)16)4-8(12)9(13)14/h1-4,12H,10H2,(H,13,14)/b8-4-. The molecule has 0 saturated carbocycles. The molecule has 16 heavy (non-hydrogen) atoms. The van der Waals surface area contributed by atoms with Crippen molar-refractivity contribution < 1.29 is 19.9 Å². The first kappa shape index (κ1) is 11.5. The second-order valence-electron chi connectivity index (χ2n) is 2.91. The fourth-order valence-electron chi connectivity index (χ4n) is 1.03. The Hall–Kier alpha value is -2.57. The Bertz CT molecular complexity index is 481. The van der Waals surface area contributed by atoms with Crippen LogP contribution in [0.25, 0.3) is 6.08 Å². The number of hydrogen-bond acceptors (Lipinski definition) is 5. The van der Waals surface area contributed by atoms with Gasteiger partial charge < -0.3 is 15.9 Å². The molecule has 0 bridgehead atoms. The number of nitro benzene ring substituents is 1. The number of benzene rings is 1. The molecular formula is C9H8N2O5. The summed E-state index contributed by atoms with van der Waals surface area (Å²) in [4.78, 5) is 20.1. The van der Waals surface area contributed by atoms with E-state index in [1.165, 1.54) is 12.1 Å². The van der Waals surface area contributed by atoms with Crippen LogP contribution in [0.3, 0.4) is 0 Å². The third-order valence-corrected chi connectivity index (χ3v) is 1.77. The Labute approximate surface area is 89.6 Å². The number of aliphatic carboxylic acids is 1. The van der Waals surface area contributed by atoms with Crippen LogP contribution in [0.1, 0.15) is 5.56 Å². The van der Waals surface area contributed by atoms with Crippen molar-refractivity contribution in [3.63, 3.8) is 0 Å². The van der Waals surface area contributed by atoms with Gasteiger partial charge in [-0.3, -0.25) is 10.1 Å². The molecule has 0 heterocycles. The van der Waals surface area contributed by atoms with E-state index in [2.05, 4.69) is 0 Å². The molecule has 0 aliphatic heterocycles. The maximum absolute atomic E-state index is 10.5. The first-order chi connectivity index (χ1) is 7.41. The monoisotopic (exact) mass is 224 g/mol. The lowest BCUT2D eigenvalue weighted by Crippen LogP contribution is -1.99. The zero-order chi connectivity index (χ0) is 12.3. The van der Waals surface area contributed by atoms with Crippen LogP contribution in [-0.4, -0.2) is 21.1 Å². The van der Waals surface area contributed by atoms with Gasteiger partial charge in [0.05, 0.1) is 4.92 Å². The van der Waals surface area contributed by atoms with Crippen molar-refractivity contribution in [2.45, 2.75) is 0 Å². The quantitative estimate of drug-likeness (QED) is 0.232. The average Bonchev–Trinajstić information content (AvgIpc) is 2.20. The van der Waals surface area contributed by atoms with Gasteiger partial charge in [-0.15, -0.1) is 0 Å². The molecule has 0 unspecified atom stereocenters. The Morgan fingerprint density at radius 1 is 1.44 bits per heavy atom. The Morgan fingerprint density at radius 3 is 2.56 bits per heavy atom. The summed E-state index contributed by atoms with van der Waals surface area (Å²) in [6, 6.07) is 3.70. The van der Waals surface area contributed by atoms with Crippen LogP contribution in [0, 0.1) is 10.1 Å². The molecule has 7 nitrogen and oxygen atoms in total. The second-order valence-corrected chi connectivity index (χ2v) is 2.91. The highest BCUT2D eigenvalue weighted by Gasteiger charge is 2.12. The number of hydrogen-bond donors (Lipinski definition) is 3. The Kier molecular flexibility index (Phi) is 3.09. The predicted octanol–water partition coefficient (Wildman–Crippen LogP) is 1.16. The summed E-state index contributed by atoms with van der Waals surface area (Å²) >= 11 is 0. The molecule has 4 N–H and O–H groups in total. The van der Waals surface area contributed by atoms with Gasteiger partial charge in [-0.05, 0) is 17.7 Å². The number of nitrogens with two attached hydrogens (primary N) is 1. The van der Waals surface area contributed by atoms with E-state index in [0.717, 1.165) is 12.1 Å². The van der Waals surface area contributed by atoms with Crippen molar-refractivity contribution in [2.24, 2.45) is 0 Å². The van der Waals surface area contributed by atoms with Gasteiger partial charge in [0.1, 0.15) is 5.69 Å². The zero-order valence-corrected chi connectivity index (χ0v) is 7.95. The van der Waals surface area contributed by atoms with Crippen LogP contribution >= 0.6 is 0 Å². The van der Waals surface area contributed by atoms with E-state index in [4.69, 9.17) is 15.9 Å². The minimum absolute atomic E-state index is 0.0306. The number of nitro groups is 1. The van der Waals surface area contributed by atoms with E-state index in [0.29, 0.717) is 0 Å². The molecule has 1 rings (SSSR count). The molecule has 0 aliphatic rings. The number of rotatable bonds is 3. The van der Waals surface area contributed by atoms with E-state index in [9.17, 15) is 14.9 Å². The number of anilines is 1. The van der Waals surface area contributed by atoms with Crippen LogP contribution in [0.15, 0.2) is 24.0 Å². The molecule has 1 aromatic rings. The van der Waals surface area contributed by atoms with Crippen LogP contribution in [-0.2, 0) is 4.79 Å². The lowest BCUT2D eigenvalue weighted by Gasteiger charge is -1.99. The lowest BCUT2D eigenvalue weighted by molar-refractivity contribution is -0.383. The predicted molar refractivity (Wildman–Crippen MR) is 55.8 cm³/mol. The van der Waals surface area contributed by atoms with Crippen molar-refractivity contribution in [1.29, 1.82) is 0 Å². The van der Waals surface area contributed by atoms with Crippen LogP contribution in [0.2, 0.25) is 0 Å². The van der Waals surface area contributed by atoms with E-state index in [1.807, 2.05) is 0 Å². The van der Waals surface area contributed by atoms with Gasteiger partial charge in [0.25, 0.3) is 5.69 Å². The average molecular weight is 224 g/mol. The third-order valence-electron chi connectivity index (χ3n) is 1.77. The largest absolute Gasteiger partial charge is 0.502 e. The number of aliphatic hydroxyl groups excluding tert-OH is 1. The smallest absolute Gasteiger partial charge is 0.370 e. The Morgan fingerprint density at radius 2 is 2.06 bits per heavy atom. The van der Waals surface area contributed by atoms with Crippen LogP contribution in [0.5, 0.6) is 0 Å². The molecule has 0 atom stereocenters. The molecule has 84 valence electrons. The molecule has 0 spiro atoms. The van der Waals surface area contributed by atoms with Gasteiger partial charge in [0.2, 0.25) is 5.76 Å². The lowest BCUT2D eigenvalue weighted by atomic mass is 10.1. The number of carboxylic acids is 1. The van der Waals surface area contributed by atoms with Gasteiger partial charge in [0.15, 0.2) is 0 Å². The highest BCUT2D eigenvalue weighted by Crippen LogP contribution is 2.23. The van der Waals surface area contributed by atoms with Gasteiger partial charge in [-0.25, -0.2) is 4.79 Å². The second kappa shape index (κ2) is 4.30. The van der Waals surface area contributed by atoms with Crippen molar-refractivity contribution in [2.75, 3.05) is 5.73 Å². The van der Waals surface area contributed by atoms with Crippen molar-refractivity contribution in [1.82, 2.24) is 0 Å². The molecule has 0 amide bonds. The molecule has 0 fully saturated rings. The molecule has 1 aromatic carbocycles. The summed E-state index contributed by atoms with van der Waals surface area (Å²) < 4.78 is 0. The van der Waals surface area contributed by atoms with E-state index in [-0.39, 0.29) is 16.9 Å². The summed E-state index contributed by atoms with van der Waals surface area (Å²) in [5.74, 6) is -2.42. The number of nitrogen functional groups attached to an aromatic ring is 1. The molecular weight excluding hydrogens is 216 g/mol. The summed E-state index contributed by atoms with van der Waals surface area (Å²) in [5, 5.41) is 27.9. The van der Waals surface area contributed by atoms with E-state index < -0.39 is 16.7 Å². The summed E-state index contributed by atoms with van der Waals surface area (Å²) in [5.41, 5.74) is 5.15. The van der Waals surface area contributed by atoms with Gasteiger partial charge in [-0.2, -0.15) is 0 Å². The van der Waals surface area contributed by atoms with E-state index >= 15 is 0 Å². The molecule has 0 saturated heterocycles. The normalized spacial score (nSPS) is 11.1. The molecule has 0 aliphatic carbocycles. The molecule has 7 heteroatoms. The highest BCUT2D eigenvalue weighted by molar-refractivity contribution is 5.89.